The van der Waals surface area contributed by atoms with Crippen LogP contribution in [0.15, 0.2) is 134 Å². The Hall–Kier alpha value is -5.59. The first kappa shape index (κ1) is 24.8. The maximum atomic E-state index is 16.7. The molecule has 1 unspecified atom stereocenters. The molecule has 4 nitrogen and oxygen atoms in total. The second-order valence-corrected chi connectivity index (χ2v) is 12.6. The number of benzene rings is 5. The number of hydrogen-bond donors (Lipinski definition) is 0. The minimum atomic E-state index is -1.32. The predicted octanol–water partition coefficient (Wildman–Crippen LogP) is 10.6. The summed E-state index contributed by atoms with van der Waals surface area (Å²) in [6.07, 6.45) is 4.26. The Morgan fingerprint density at radius 3 is 2.22 bits per heavy atom. The molecule has 0 N–H and O–H groups in total. The van der Waals surface area contributed by atoms with E-state index in [-0.39, 0.29) is 0 Å². The van der Waals surface area contributed by atoms with Crippen LogP contribution >= 0.6 is 11.3 Å². The van der Waals surface area contributed by atoms with E-state index in [1.807, 2.05) is 73.1 Å². The van der Waals surface area contributed by atoms with Gasteiger partial charge in [-0.05, 0) is 59.0 Å². The van der Waals surface area contributed by atoms with Gasteiger partial charge in [0.2, 0.25) is 0 Å². The van der Waals surface area contributed by atoms with Crippen LogP contribution < -0.4 is 0 Å². The lowest BCUT2D eigenvalue weighted by Gasteiger charge is -2.14. The van der Waals surface area contributed by atoms with Crippen molar-refractivity contribution in [2.24, 2.45) is 0 Å². The van der Waals surface area contributed by atoms with Crippen molar-refractivity contribution < 1.29 is 4.39 Å². The highest BCUT2D eigenvalue weighted by molar-refractivity contribution is 7.26. The smallest absolute Gasteiger partial charge is 0.150 e. The number of hydrogen-bond acceptors (Lipinski definition) is 3. The predicted molar refractivity (Wildman–Crippen MR) is 185 cm³/mol. The molecule has 6 heteroatoms. The van der Waals surface area contributed by atoms with E-state index in [2.05, 4.69) is 68.5 Å². The van der Waals surface area contributed by atoms with Gasteiger partial charge in [0.05, 0.1) is 16.6 Å². The molecule has 0 saturated heterocycles. The van der Waals surface area contributed by atoms with Gasteiger partial charge in [-0.1, -0.05) is 72.8 Å². The summed E-state index contributed by atoms with van der Waals surface area (Å²) in [7, 11) is 0. The van der Waals surface area contributed by atoms with E-state index in [0.717, 1.165) is 54.9 Å². The van der Waals surface area contributed by atoms with Crippen LogP contribution in [-0.2, 0) is 0 Å². The van der Waals surface area contributed by atoms with Gasteiger partial charge in [-0.2, -0.15) is 0 Å². The highest BCUT2D eigenvalue weighted by Gasteiger charge is 2.22. The van der Waals surface area contributed by atoms with Crippen LogP contribution in [0.25, 0.3) is 75.1 Å². The Balaban J connectivity index is 1.23. The molecule has 212 valence electrons. The largest absolute Gasteiger partial charge is 0.299 e. The minimum Gasteiger partial charge on any atom is -0.299 e. The topological polar surface area (TPSA) is 35.1 Å². The van der Waals surface area contributed by atoms with Gasteiger partial charge < -0.3 is 0 Å². The number of para-hydroxylation sites is 1. The molecule has 1 atom stereocenters. The zero-order valence-electron chi connectivity index (χ0n) is 23.9. The molecule has 0 aliphatic rings. The molecule has 10 rings (SSSR count). The van der Waals surface area contributed by atoms with Gasteiger partial charge in [0.25, 0.3) is 0 Å². The van der Waals surface area contributed by atoms with E-state index in [1.54, 1.807) is 17.5 Å². The number of imidazole rings is 1. The fraction of sp³-hybridized carbons (Fsp3) is 0.0256. The molecule has 0 saturated carbocycles. The average molecular weight is 599 g/mol. The summed E-state index contributed by atoms with van der Waals surface area (Å²) in [5.74, 6) is 0.812. The van der Waals surface area contributed by atoms with Crippen molar-refractivity contribution in [2.75, 3.05) is 0 Å². The summed E-state index contributed by atoms with van der Waals surface area (Å²) >= 11 is 1.80. The number of alkyl halides is 1. The van der Waals surface area contributed by atoms with Crippen LogP contribution in [0.2, 0.25) is 0 Å². The standard InChI is InChI=1S/C39H23FN4S/c40-37(23-12-14-25-26-7-1-3-9-31(26)43-20-19-42-39(43)30(25)21-23)24-13-15-27-28-16-17-34-36(29-8-2-4-10-33(29)45-34)38(28)44(32(27)22-24)35-11-5-6-18-41-35/h1-22,37H. The Morgan fingerprint density at radius 2 is 1.33 bits per heavy atom. The van der Waals surface area contributed by atoms with Crippen molar-refractivity contribution >= 4 is 80.6 Å². The molecule has 0 aliphatic heterocycles. The normalized spacial score (nSPS) is 12.9. The zero-order chi connectivity index (χ0) is 29.6. The molecule has 45 heavy (non-hydrogen) atoms. The Labute approximate surface area is 260 Å². The molecule has 10 aromatic rings. The van der Waals surface area contributed by atoms with Crippen molar-refractivity contribution in [2.45, 2.75) is 6.17 Å². The molecule has 0 fully saturated rings. The van der Waals surface area contributed by atoms with Gasteiger partial charge in [-0.15, -0.1) is 11.3 Å². The van der Waals surface area contributed by atoms with E-state index in [4.69, 9.17) is 4.98 Å². The van der Waals surface area contributed by atoms with Crippen molar-refractivity contribution in [3.05, 3.63) is 145 Å². The zero-order valence-corrected chi connectivity index (χ0v) is 24.7. The third-order valence-corrected chi connectivity index (χ3v) is 10.3. The maximum Gasteiger partial charge on any atom is 0.150 e. The third-order valence-electron chi connectivity index (χ3n) is 9.14. The highest BCUT2D eigenvalue weighted by atomic mass is 32.1. The van der Waals surface area contributed by atoms with Crippen molar-refractivity contribution in [1.29, 1.82) is 0 Å². The van der Waals surface area contributed by atoms with Gasteiger partial charge >= 0.3 is 0 Å². The minimum absolute atomic E-state index is 0.605. The van der Waals surface area contributed by atoms with Crippen LogP contribution in [0.5, 0.6) is 0 Å². The average Bonchev–Trinajstić information content (AvgIpc) is 3.82. The number of rotatable bonds is 3. The van der Waals surface area contributed by atoms with Gasteiger partial charge in [0.15, 0.2) is 6.17 Å². The van der Waals surface area contributed by atoms with E-state index < -0.39 is 6.17 Å². The number of thiophene rings is 1. The number of pyridine rings is 2. The van der Waals surface area contributed by atoms with Crippen LogP contribution in [0.1, 0.15) is 17.3 Å². The van der Waals surface area contributed by atoms with Gasteiger partial charge in [-0.25, -0.2) is 14.4 Å². The second-order valence-electron chi connectivity index (χ2n) is 11.5. The molecule has 5 aromatic carbocycles. The SMILES string of the molecule is FC(c1ccc2c3ccccc3n3ccnc3c2c1)c1ccc2c3ccc4sc5ccccc5c4c3n(-c3ccccn3)c2c1. The molecule has 0 radical (unpaired) electrons. The van der Waals surface area contributed by atoms with Crippen LogP contribution in [0.3, 0.4) is 0 Å². The summed E-state index contributed by atoms with van der Waals surface area (Å²) in [5, 5.41) is 7.76. The molecule has 0 spiro atoms. The molecular formula is C39H23FN4S. The summed E-state index contributed by atoms with van der Waals surface area (Å²) in [4.78, 5) is 9.43. The molecular weight excluding hydrogens is 576 g/mol. The number of aromatic nitrogens is 4. The Morgan fingerprint density at radius 1 is 0.578 bits per heavy atom. The first-order valence-electron chi connectivity index (χ1n) is 15.0. The van der Waals surface area contributed by atoms with Crippen molar-refractivity contribution in [3.8, 4) is 5.82 Å². The number of nitrogens with zero attached hydrogens (tertiary/aromatic N) is 4. The van der Waals surface area contributed by atoms with Crippen molar-refractivity contribution in [3.63, 3.8) is 0 Å². The van der Waals surface area contributed by atoms with E-state index >= 15 is 4.39 Å². The van der Waals surface area contributed by atoms with Crippen LogP contribution in [0, 0.1) is 0 Å². The number of fused-ring (bicyclic) bond motifs is 13. The fourth-order valence-electron chi connectivity index (χ4n) is 7.15. The van der Waals surface area contributed by atoms with Gasteiger partial charge in [0.1, 0.15) is 11.5 Å². The van der Waals surface area contributed by atoms with E-state index in [0.29, 0.717) is 11.1 Å². The van der Waals surface area contributed by atoms with Gasteiger partial charge in [0, 0.05) is 60.3 Å². The third kappa shape index (κ3) is 3.45. The molecule has 0 aliphatic carbocycles. The first-order chi connectivity index (χ1) is 22.2. The molecule has 0 amide bonds. The molecule has 5 aromatic heterocycles. The molecule has 0 bridgehead atoms. The molecule has 5 heterocycles. The number of halogens is 1. The second kappa shape index (κ2) is 9.21. The highest BCUT2D eigenvalue weighted by Crippen LogP contribution is 2.44. The maximum absolute atomic E-state index is 16.7. The quantitative estimate of drug-likeness (QED) is 0.190. The summed E-state index contributed by atoms with van der Waals surface area (Å²) < 4.78 is 23.5. The lowest BCUT2D eigenvalue weighted by atomic mass is 9.97. The lowest BCUT2D eigenvalue weighted by molar-refractivity contribution is 0.402. The van der Waals surface area contributed by atoms with E-state index in [9.17, 15) is 0 Å². The summed E-state index contributed by atoms with van der Waals surface area (Å²) in [5.41, 5.74) is 5.17. The first-order valence-corrected chi connectivity index (χ1v) is 15.8. The van der Waals surface area contributed by atoms with Crippen molar-refractivity contribution in [1.82, 2.24) is 18.9 Å². The fourth-order valence-corrected chi connectivity index (χ4v) is 8.26. The Kier molecular flexibility index (Phi) is 5.08. The van der Waals surface area contributed by atoms with Gasteiger partial charge in [-0.3, -0.25) is 8.97 Å². The summed E-state index contributed by atoms with van der Waals surface area (Å²) in [6.45, 7) is 0. The van der Waals surface area contributed by atoms with Crippen LogP contribution in [-0.4, -0.2) is 18.9 Å². The lowest BCUT2D eigenvalue weighted by Crippen LogP contribution is -1.99. The van der Waals surface area contributed by atoms with Crippen LogP contribution in [0.4, 0.5) is 4.39 Å². The summed E-state index contributed by atoms with van der Waals surface area (Å²) in [6, 6.07) is 39.1. The monoisotopic (exact) mass is 598 g/mol. The Bertz CT molecular complexity index is 2790. The van der Waals surface area contributed by atoms with E-state index in [1.165, 1.54) is 20.2 Å².